The van der Waals surface area contributed by atoms with E-state index in [2.05, 4.69) is 20.6 Å². The first-order valence-corrected chi connectivity index (χ1v) is 16.2. The predicted octanol–water partition coefficient (Wildman–Crippen LogP) is 2.94. The lowest BCUT2D eigenvalue weighted by atomic mass is 9.95. The van der Waals surface area contributed by atoms with E-state index in [1.54, 1.807) is 42.5 Å². The van der Waals surface area contributed by atoms with Crippen LogP contribution in [-0.4, -0.2) is 70.6 Å². The number of hydrogen-bond acceptors (Lipinski definition) is 8. The number of fused-ring (bicyclic) bond motifs is 2. The Bertz CT molecular complexity index is 1790. The van der Waals surface area contributed by atoms with Crippen molar-refractivity contribution in [1.29, 1.82) is 0 Å². The van der Waals surface area contributed by atoms with E-state index in [9.17, 15) is 21.6 Å². The number of rotatable bonds is 8. The molecule has 0 aliphatic carbocycles. The highest BCUT2D eigenvalue weighted by Crippen LogP contribution is 2.44. The van der Waals surface area contributed by atoms with Crippen LogP contribution >= 0.6 is 0 Å². The molecule has 4 aromatic rings. The summed E-state index contributed by atoms with van der Waals surface area (Å²) in [6.07, 6.45) is 1.24. The van der Waals surface area contributed by atoms with Crippen LogP contribution in [0.3, 0.4) is 0 Å². The van der Waals surface area contributed by atoms with Crippen molar-refractivity contribution in [1.82, 2.24) is 29.2 Å². The number of H-pyrrole nitrogens is 1. The third-order valence-corrected chi connectivity index (χ3v) is 11.5. The van der Waals surface area contributed by atoms with Crippen LogP contribution in [0.5, 0.6) is 0 Å². The Labute approximate surface area is 232 Å². The number of carbonyl (C=O) groups is 1. The number of hydrogen-bond donors (Lipinski definition) is 1. The first-order chi connectivity index (χ1) is 19.2. The number of aromatic nitrogens is 4. The molecule has 11 nitrogen and oxygen atoms in total. The van der Waals surface area contributed by atoms with Crippen LogP contribution in [0, 0.1) is 5.92 Å². The molecule has 1 aromatic heterocycles. The Morgan fingerprint density at radius 2 is 1.77 bits per heavy atom. The van der Waals surface area contributed by atoms with Gasteiger partial charge in [-0.05, 0) is 41.1 Å². The third kappa shape index (κ3) is 4.38. The fraction of sp³-hybridized carbons (Fsp3) is 0.333. The highest BCUT2D eigenvalue weighted by Gasteiger charge is 2.59. The van der Waals surface area contributed by atoms with E-state index < -0.39 is 44.0 Å². The van der Waals surface area contributed by atoms with E-state index in [0.29, 0.717) is 35.2 Å². The van der Waals surface area contributed by atoms with Crippen molar-refractivity contribution in [2.45, 2.75) is 48.9 Å². The zero-order valence-corrected chi connectivity index (χ0v) is 23.3. The van der Waals surface area contributed by atoms with Gasteiger partial charge < -0.3 is 0 Å². The van der Waals surface area contributed by atoms with Gasteiger partial charge in [-0.1, -0.05) is 67.9 Å². The van der Waals surface area contributed by atoms with E-state index in [4.69, 9.17) is 0 Å². The van der Waals surface area contributed by atoms with Gasteiger partial charge in [0, 0.05) is 17.5 Å². The van der Waals surface area contributed by atoms with Crippen molar-refractivity contribution in [2.24, 2.45) is 5.92 Å². The van der Waals surface area contributed by atoms with Crippen molar-refractivity contribution < 1.29 is 21.6 Å². The SMILES string of the molecule is CCC[C@H]1C(=O)N(S(=O)(=O)c2cccc3ccccc23)[C@H]2CCN(S(=O)(=O)Cc3cccc(-c4nn[nH]n4)c3)[C@H]12. The zero-order valence-electron chi connectivity index (χ0n) is 21.7. The average Bonchev–Trinajstić information content (AvgIpc) is 3.67. The monoisotopic (exact) mass is 580 g/mol. The molecule has 3 atom stereocenters. The Balaban J connectivity index is 1.34. The topological polar surface area (TPSA) is 146 Å². The molecule has 0 spiro atoms. The first-order valence-electron chi connectivity index (χ1n) is 13.1. The number of nitrogens with zero attached hydrogens (tertiary/aromatic N) is 5. The van der Waals surface area contributed by atoms with Gasteiger partial charge in [-0.3, -0.25) is 4.79 Å². The van der Waals surface area contributed by atoms with Crippen molar-refractivity contribution in [2.75, 3.05) is 6.54 Å². The van der Waals surface area contributed by atoms with Gasteiger partial charge in [-0.2, -0.15) is 9.52 Å². The Morgan fingerprint density at radius 3 is 2.55 bits per heavy atom. The number of carbonyl (C=O) groups excluding carboxylic acids is 1. The second kappa shape index (κ2) is 10.1. The fourth-order valence-corrected chi connectivity index (χ4v) is 9.79. The summed E-state index contributed by atoms with van der Waals surface area (Å²) in [6.45, 7) is 2.04. The molecule has 40 heavy (non-hydrogen) atoms. The molecule has 3 aromatic carbocycles. The van der Waals surface area contributed by atoms with Gasteiger partial charge in [0.2, 0.25) is 21.8 Å². The molecule has 1 N–H and O–H groups in total. The minimum absolute atomic E-state index is 0.0504. The molecular formula is C27H28N6O5S2. The molecule has 3 heterocycles. The van der Waals surface area contributed by atoms with Gasteiger partial charge in [0.25, 0.3) is 10.0 Å². The summed E-state index contributed by atoms with van der Waals surface area (Å²) in [5.41, 5.74) is 1.15. The molecule has 0 bridgehead atoms. The molecule has 2 saturated heterocycles. The van der Waals surface area contributed by atoms with E-state index in [1.165, 1.54) is 10.4 Å². The number of tetrazole rings is 1. The van der Waals surface area contributed by atoms with Gasteiger partial charge >= 0.3 is 0 Å². The number of amides is 1. The van der Waals surface area contributed by atoms with Crippen LogP contribution in [0.4, 0.5) is 0 Å². The Hall–Kier alpha value is -3.68. The summed E-state index contributed by atoms with van der Waals surface area (Å²) in [5, 5.41) is 15.1. The van der Waals surface area contributed by atoms with Crippen LogP contribution < -0.4 is 0 Å². The third-order valence-electron chi connectivity index (χ3n) is 7.74. The molecule has 2 aliphatic rings. The van der Waals surface area contributed by atoms with Crippen molar-refractivity contribution in [3.63, 3.8) is 0 Å². The predicted molar refractivity (Wildman–Crippen MR) is 148 cm³/mol. The fourth-order valence-electron chi connectivity index (χ4n) is 6.10. The maximum absolute atomic E-state index is 14.1. The van der Waals surface area contributed by atoms with Gasteiger partial charge in [0.05, 0.1) is 28.6 Å². The molecule has 208 valence electrons. The molecule has 2 aliphatic heterocycles. The number of nitrogens with one attached hydrogen (secondary N) is 1. The molecule has 13 heteroatoms. The van der Waals surface area contributed by atoms with E-state index in [-0.39, 0.29) is 23.6 Å². The second-order valence-electron chi connectivity index (χ2n) is 10.2. The second-order valence-corrected chi connectivity index (χ2v) is 13.9. The Morgan fingerprint density at radius 1 is 1.00 bits per heavy atom. The van der Waals surface area contributed by atoms with Crippen LogP contribution in [0.1, 0.15) is 31.7 Å². The van der Waals surface area contributed by atoms with E-state index in [0.717, 1.165) is 9.69 Å². The van der Waals surface area contributed by atoms with Gasteiger partial charge in [0.1, 0.15) is 0 Å². The van der Waals surface area contributed by atoms with E-state index >= 15 is 0 Å². The normalized spacial score (nSPS) is 21.8. The summed E-state index contributed by atoms with van der Waals surface area (Å²) in [6, 6.07) is 17.5. The van der Waals surface area contributed by atoms with Crippen molar-refractivity contribution in [3.8, 4) is 11.4 Å². The van der Waals surface area contributed by atoms with Gasteiger partial charge in [0.15, 0.2) is 0 Å². The molecule has 0 radical (unpaired) electrons. The molecule has 1 amide bonds. The highest BCUT2D eigenvalue weighted by atomic mass is 32.2. The largest absolute Gasteiger partial charge is 0.273 e. The van der Waals surface area contributed by atoms with Gasteiger partial charge in [-0.15, -0.1) is 10.2 Å². The lowest BCUT2D eigenvalue weighted by Crippen LogP contribution is -2.43. The first kappa shape index (κ1) is 26.5. The lowest BCUT2D eigenvalue weighted by Gasteiger charge is -2.27. The quantitative estimate of drug-likeness (QED) is 0.335. The summed E-state index contributed by atoms with van der Waals surface area (Å²) in [4.78, 5) is 13.8. The van der Waals surface area contributed by atoms with Crippen LogP contribution in [0.25, 0.3) is 22.2 Å². The maximum atomic E-state index is 14.1. The van der Waals surface area contributed by atoms with Crippen molar-refractivity contribution in [3.05, 3.63) is 72.3 Å². The summed E-state index contributed by atoms with van der Waals surface area (Å²) in [5.74, 6) is -1.24. The highest BCUT2D eigenvalue weighted by molar-refractivity contribution is 7.90. The number of sulfonamides is 2. The number of benzene rings is 3. The molecule has 6 rings (SSSR count). The minimum atomic E-state index is -4.24. The van der Waals surface area contributed by atoms with E-state index in [1.807, 2.05) is 25.1 Å². The molecular weight excluding hydrogens is 552 g/mol. The molecule has 0 unspecified atom stereocenters. The summed E-state index contributed by atoms with van der Waals surface area (Å²) >= 11 is 0. The zero-order chi connectivity index (χ0) is 28.1. The smallest absolute Gasteiger partial charge is 0.267 e. The summed E-state index contributed by atoms with van der Waals surface area (Å²) < 4.78 is 58.1. The minimum Gasteiger partial charge on any atom is -0.273 e. The summed E-state index contributed by atoms with van der Waals surface area (Å²) in [7, 11) is -8.14. The maximum Gasteiger partial charge on any atom is 0.267 e. The van der Waals surface area contributed by atoms with Crippen LogP contribution in [0.15, 0.2) is 71.6 Å². The molecule has 0 saturated carbocycles. The van der Waals surface area contributed by atoms with Gasteiger partial charge in [-0.25, -0.2) is 21.1 Å². The lowest BCUT2D eigenvalue weighted by molar-refractivity contribution is -0.128. The molecule has 2 fully saturated rings. The standard InChI is InChI=1S/C27H28N6O5S2/c1-2-7-22-25-23(33(27(22)34)40(37,38)24-13-6-10-19-9-3-4-12-21(19)24)14-15-32(25)39(35,36)17-18-8-5-11-20(16-18)26-28-30-31-29-26/h3-6,8-13,16,22-23,25H,2,7,14-15,17H2,1H3,(H,28,29,30,31)/t22-,23+,25-/m1/s1. The van der Waals surface area contributed by atoms with Crippen LogP contribution in [-0.2, 0) is 30.6 Å². The van der Waals surface area contributed by atoms with Crippen LogP contribution in [0.2, 0.25) is 0 Å². The number of aromatic amines is 1. The average molecular weight is 581 g/mol. The Kier molecular flexibility index (Phi) is 6.67. The van der Waals surface area contributed by atoms with Crippen molar-refractivity contribution >= 4 is 36.7 Å².